The number of carbonyl (C=O) groups is 1. The highest BCUT2D eigenvalue weighted by atomic mass is 19.4. The maximum Gasteiger partial charge on any atom is 0.416 e. The van der Waals surface area contributed by atoms with E-state index in [9.17, 15) is 18.0 Å². The van der Waals surface area contributed by atoms with Crippen LogP contribution in [-0.2, 0) is 12.7 Å². The number of halogens is 3. The average Bonchev–Trinajstić information content (AvgIpc) is 2.93. The van der Waals surface area contributed by atoms with Crippen molar-refractivity contribution in [3.63, 3.8) is 0 Å². The van der Waals surface area contributed by atoms with E-state index in [2.05, 4.69) is 27.0 Å². The first-order valence-electron chi connectivity index (χ1n) is 13.8. The van der Waals surface area contributed by atoms with Crippen molar-refractivity contribution >= 4 is 17.8 Å². The van der Waals surface area contributed by atoms with Crippen molar-refractivity contribution in [2.75, 3.05) is 45.6 Å². The standard InChI is InChI=1S/C33H36F3N5O/c1-23(2)6-13-31-37-20-25(21-40(31)5)8-10-26-18-27(9-7-24(26)3)32(42)38-29-12-11-28(30(19-29)33(34,35)36)22-41-16-14-39(4)15-17-41/h6-7,9,11-13,18-21H,14-17,22H2,1-5H3,(H,38,42)/b31-13-. The van der Waals surface area contributed by atoms with E-state index in [1.54, 1.807) is 24.4 Å². The van der Waals surface area contributed by atoms with Crippen LogP contribution in [0.15, 0.2) is 76.7 Å². The number of benzene rings is 2. The van der Waals surface area contributed by atoms with Gasteiger partial charge in [0, 0.05) is 69.0 Å². The topological polar surface area (TPSA) is 51.2 Å². The van der Waals surface area contributed by atoms with Crippen molar-refractivity contribution in [3.05, 3.63) is 99.5 Å². The summed E-state index contributed by atoms with van der Waals surface area (Å²) in [5.41, 5.74) is 3.24. The molecule has 4 rings (SSSR count). The molecule has 0 aliphatic carbocycles. The highest BCUT2D eigenvalue weighted by molar-refractivity contribution is 6.04. The first-order valence-corrected chi connectivity index (χ1v) is 13.8. The molecule has 2 aliphatic rings. The highest BCUT2D eigenvalue weighted by Crippen LogP contribution is 2.34. The number of anilines is 1. The molecule has 1 saturated heterocycles. The zero-order chi connectivity index (χ0) is 30.4. The van der Waals surface area contributed by atoms with E-state index in [0.29, 0.717) is 29.8 Å². The Morgan fingerprint density at radius 2 is 1.79 bits per heavy atom. The fourth-order valence-corrected chi connectivity index (χ4v) is 4.54. The van der Waals surface area contributed by atoms with Gasteiger partial charge in [-0.3, -0.25) is 9.69 Å². The van der Waals surface area contributed by atoms with Crippen molar-refractivity contribution in [2.45, 2.75) is 33.5 Å². The molecule has 0 bridgehead atoms. The lowest BCUT2D eigenvalue weighted by atomic mass is 10.0. The smallest absolute Gasteiger partial charge is 0.335 e. The monoisotopic (exact) mass is 575 g/mol. The molecule has 0 saturated carbocycles. The molecule has 42 heavy (non-hydrogen) atoms. The maximum atomic E-state index is 14.0. The van der Waals surface area contributed by atoms with Gasteiger partial charge in [0.25, 0.3) is 5.91 Å². The van der Waals surface area contributed by atoms with Crippen molar-refractivity contribution in [3.8, 4) is 11.8 Å². The predicted octanol–water partition coefficient (Wildman–Crippen LogP) is 6.07. The second-order valence-electron chi connectivity index (χ2n) is 10.9. The zero-order valence-electron chi connectivity index (χ0n) is 24.6. The van der Waals surface area contributed by atoms with E-state index in [0.717, 1.165) is 30.5 Å². The molecule has 1 fully saturated rings. The van der Waals surface area contributed by atoms with Gasteiger partial charge in [-0.25, -0.2) is 4.99 Å². The Hall–Kier alpha value is -4.13. The van der Waals surface area contributed by atoms with E-state index in [-0.39, 0.29) is 17.8 Å². The number of aliphatic imine (C=N–C) groups is 1. The molecule has 0 aromatic heterocycles. The minimum absolute atomic E-state index is 0.0891. The Balaban J connectivity index is 1.49. The molecule has 2 aromatic rings. The van der Waals surface area contributed by atoms with Crippen LogP contribution in [0.2, 0.25) is 0 Å². The van der Waals surface area contributed by atoms with Crippen molar-refractivity contribution in [1.29, 1.82) is 0 Å². The molecule has 6 nitrogen and oxygen atoms in total. The van der Waals surface area contributed by atoms with Crippen LogP contribution >= 0.6 is 0 Å². The van der Waals surface area contributed by atoms with Gasteiger partial charge in [-0.1, -0.05) is 35.6 Å². The number of allylic oxidation sites excluding steroid dienone is 4. The van der Waals surface area contributed by atoms with Gasteiger partial charge in [0.15, 0.2) is 0 Å². The van der Waals surface area contributed by atoms with Gasteiger partial charge < -0.3 is 15.1 Å². The quantitative estimate of drug-likeness (QED) is 0.440. The van der Waals surface area contributed by atoms with Crippen molar-refractivity contribution < 1.29 is 18.0 Å². The third-order valence-electron chi connectivity index (χ3n) is 7.10. The summed E-state index contributed by atoms with van der Waals surface area (Å²) in [6.45, 7) is 9.17. The Bertz CT molecular complexity index is 1510. The number of hydrogen-bond donors (Lipinski definition) is 1. The number of alkyl halides is 3. The van der Waals surface area contributed by atoms with Crippen LogP contribution in [0.3, 0.4) is 0 Å². The lowest BCUT2D eigenvalue weighted by Crippen LogP contribution is -2.44. The Labute approximate surface area is 245 Å². The minimum atomic E-state index is -4.54. The van der Waals surface area contributed by atoms with E-state index in [4.69, 9.17) is 0 Å². The molecule has 2 aromatic carbocycles. The summed E-state index contributed by atoms with van der Waals surface area (Å²) in [7, 11) is 3.89. The number of hydrogen-bond acceptors (Lipinski definition) is 5. The average molecular weight is 576 g/mol. The van der Waals surface area contributed by atoms with Crippen LogP contribution in [0.5, 0.6) is 0 Å². The van der Waals surface area contributed by atoms with Crippen molar-refractivity contribution in [2.24, 2.45) is 4.99 Å². The van der Waals surface area contributed by atoms with Gasteiger partial charge in [0.2, 0.25) is 0 Å². The summed E-state index contributed by atoms with van der Waals surface area (Å²) in [6, 6.07) is 9.06. The number of aryl methyl sites for hydroxylation is 1. The van der Waals surface area contributed by atoms with E-state index in [1.807, 2.05) is 63.0 Å². The molecule has 0 unspecified atom stereocenters. The highest BCUT2D eigenvalue weighted by Gasteiger charge is 2.34. The molecule has 220 valence electrons. The lowest BCUT2D eigenvalue weighted by Gasteiger charge is -2.33. The summed E-state index contributed by atoms with van der Waals surface area (Å²) in [4.78, 5) is 23.6. The van der Waals surface area contributed by atoms with Crippen LogP contribution < -0.4 is 5.32 Å². The SMILES string of the molecule is CC(C)=C/C=C1/N=CC(C#Cc2cc(C(=O)Nc3ccc(CN4CCN(C)CC4)c(C(F)(F)F)c3)ccc2C)=CN1C. The summed E-state index contributed by atoms with van der Waals surface area (Å²) in [5.74, 6) is 6.47. The lowest BCUT2D eigenvalue weighted by molar-refractivity contribution is -0.138. The number of nitrogens with one attached hydrogen (secondary N) is 1. The van der Waals surface area contributed by atoms with E-state index in [1.165, 1.54) is 17.7 Å². The third-order valence-corrected chi connectivity index (χ3v) is 7.10. The molecule has 0 spiro atoms. The number of piperazine rings is 1. The molecule has 2 heterocycles. The number of amides is 1. The van der Waals surface area contributed by atoms with Gasteiger partial charge in [-0.15, -0.1) is 0 Å². The molecule has 2 aliphatic heterocycles. The number of rotatable bonds is 5. The molecule has 0 radical (unpaired) electrons. The van der Waals surface area contributed by atoms with Gasteiger partial charge in [0.05, 0.1) is 11.1 Å². The molecular formula is C33H36F3N5O. The molecule has 0 atom stereocenters. The number of nitrogens with zero attached hydrogens (tertiary/aromatic N) is 4. The van der Waals surface area contributed by atoms with E-state index < -0.39 is 17.6 Å². The van der Waals surface area contributed by atoms with Crippen LogP contribution in [0, 0.1) is 18.8 Å². The fraction of sp³-hybridized carbons (Fsp3) is 0.333. The summed E-state index contributed by atoms with van der Waals surface area (Å²) in [6.07, 6.45) is 2.94. The molecular weight excluding hydrogens is 539 g/mol. The maximum absolute atomic E-state index is 14.0. The van der Waals surface area contributed by atoms with Gasteiger partial charge in [0.1, 0.15) is 5.82 Å². The first kappa shape index (κ1) is 30.8. The largest absolute Gasteiger partial charge is 0.416 e. The van der Waals surface area contributed by atoms with E-state index >= 15 is 0 Å². The number of likely N-dealkylation sites (N-methyl/N-ethyl adjacent to an activating group) is 1. The zero-order valence-corrected chi connectivity index (χ0v) is 24.6. The molecule has 1 N–H and O–H groups in total. The third kappa shape index (κ3) is 8.21. The van der Waals surface area contributed by atoms with Crippen LogP contribution in [0.4, 0.5) is 18.9 Å². The summed E-state index contributed by atoms with van der Waals surface area (Å²) in [5, 5.41) is 2.63. The van der Waals surface area contributed by atoms with Crippen molar-refractivity contribution in [1.82, 2.24) is 14.7 Å². The summed E-state index contributed by atoms with van der Waals surface area (Å²) >= 11 is 0. The van der Waals surface area contributed by atoms with Gasteiger partial charge in [-0.2, -0.15) is 13.2 Å². The number of carbonyl (C=O) groups excluding carboxylic acids is 1. The van der Waals surface area contributed by atoms with Gasteiger partial charge in [-0.05, 0) is 69.3 Å². The summed E-state index contributed by atoms with van der Waals surface area (Å²) < 4.78 is 41.9. The molecule has 1 amide bonds. The predicted molar refractivity (Wildman–Crippen MR) is 162 cm³/mol. The van der Waals surface area contributed by atoms with Crippen LogP contribution in [-0.4, -0.2) is 67.1 Å². The minimum Gasteiger partial charge on any atom is -0.335 e. The Kier molecular flexibility index (Phi) is 9.71. The Morgan fingerprint density at radius 1 is 1.05 bits per heavy atom. The second-order valence-corrected chi connectivity index (χ2v) is 10.9. The first-order chi connectivity index (χ1) is 19.9. The second kappa shape index (κ2) is 13.2. The normalized spacial score (nSPS) is 17.0. The van der Waals surface area contributed by atoms with Gasteiger partial charge >= 0.3 is 6.18 Å². The fourth-order valence-electron chi connectivity index (χ4n) is 4.54. The van der Waals surface area contributed by atoms with Crippen LogP contribution in [0.1, 0.15) is 46.5 Å². The Morgan fingerprint density at radius 3 is 2.45 bits per heavy atom. The molecule has 9 heteroatoms. The van der Waals surface area contributed by atoms with Crippen LogP contribution in [0.25, 0.3) is 0 Å².